The second kappa shape index (κ2) is 11.1. The second-order valence-corrected chi connectivity index (χ2v) is 10.5. The molecule has 1 aliphatic rings. The van der Waals surface area contributed by atoms with Crippen molar-refractivity contribution in [1.82, 2.24) is 15.3 Å². The molecular formula is C23H27N5O4S2. The Kier molecular flexibility index (Phi) is 7.99. The molecule has 1 aromatic heterocycles. The minimum atomic E-state index is -3.71. The number of anilines is 1. The Bertz CT molecular complexity index is 1250. The van der Waals surface area contributed by atoms with Crippen LogP contribution in [0.3, 0.4) is 0 Å². The average molecular weight is 502 g/mol. The van der Waals surface area contributed by atoms with Crippen LogP contribution in [0.1, 0.15) is 18.4 Å². The van der Waals surface area contributed by atoms with Crippen LogP contribution in [-0.4, -0.2) is 55.8 Å². The van der Waals surface area contributed by atoms with E-state index < -0.39 is 10.0 Å². The van der Waals surface area contributed by atoms with Crippen molar-refractivity contribution in [3.05, 3.63) is 54.1 Å². The number of nitrogens with two attached hydrogens (primary N) is 1. The molecule has 11 heteroatoms. The number of carbonyl (C=O) groups excluding carboxylic acids is 1. The third kappa shape index (κ3) is 6.66. The summed E-state index contributed by atoms with van der Waals surface area (Å²) in [5, 5.41) is 12.8. The summed E-state index contributed by atoms with van der Waals surface area (Å²) in [5.74, 6) is 0.803. The summed E-state index contributed by atoms with van der Waals surface area (Å²) < 4.78 is 28.3. The van der Waals surface area contributed by atoms with Crippen molar-refractivity contribution in [3.63, 3.8) is 0 Å². The molecule has 0 aliphatic carbocycles. The van der Waals surface area contributed by atoms with E-state index in [1.165, 1.54) is 23.9 Å². The van der Waals surface area contributed by atoms with Crippen LogP contribution in [0.25, 0.3) is 10.9 Å². The minimum Gasteiger partial charge on any atom is -0.376 e. The van der Waals surface area contributed by atoms with E-state index in [-0.39, 0.29) is 22.7 Å². The summed E-state index contributed by atoms with van der Waals surface area (Å²) in [6.45, 7) is 1.92. The lowest BCUT2D eigenvalue weighted by Crippen LogP contribution is -2.27. The molecule has 1 amide bonds. The van der Waals surface area contributed by atoms with Gasteiger partial charge in [0.05, 0.1) is 22.3 Å². The molecule has 1 fully saturated rings. The van der Waals surface area contributed by atoms with E-state index in [0.29, 0.717) is 24.7 Å². The fraction of sp³-hybridized carbons (Fsp3) is 0.348. The Balaban J connectivity index is 1.30. The lowest BCUT2D eigenvalue weighted by molar-refractivity contribution is -0.118. The first kappa shape index (κ1) is 24.4. The maximum atomic E-state index is 12.3. The van der Waals surface area contributed by atoms with Gasteiger partial charge in [-0.2, -0.15) is 0 Å². The molecule has 0 saturated carbocycles. The number of hydrogen-bond donors (Lipinski definition) is 3. The van der Waals surface area contributed by atoms with Crippen molar-refractivity contribution in [2.45, 2.75) is 35.4 Å². The van der Waals surface area contributed by atoms with Crippen LogP contribution in [0.2, 0.25) is 0 Å². The number of nitrogens with one attached hydrogen (secondary N) is 2. The van der Waals surface area contributed by atoms with E-state index in [1.807, 2.05) is 24.3 Å². The summed E-state index contributed by atoms with van der Waals surface area (Å²) in [7, 11) is -3.71. The zero-order valence-electron chi connectivity index (χ0n) is 18.6. The van der Waals surface area contributed by atoms with Gasteiger partial charge in [-0.1, -0.05) is 36.0 Å². The fourth-order valence-corrected chi connectivity index (χ4v) is 4.84. The first-order valence-electron chi connectivity index (χ1n) is 11.0. The number of benzene rings is 2. The fourth-order valence-electron chi connectivity index (χ4n) is 3.64. The number of thioether (sulfide) groups is 1. The molecule has 1 aliphatic heterocycles. The van der Waals surface area contributed by atoms with Crippen LogP contribution in [0.4, 0.5) is 5.82 Å². The van der Waals surface area contributed by atoms with E-state index in [1.54, 1.807) is 12.1 Å². The summed E-state index contributed by atoms with van der Waals surface area (Å²) in [5.41, 5.74) is 1.72. The van der Waals surface area contributed by atoms with Crippen LogP contribution in [0, 0.1) is 0 Å². The molecule has 2 heterocycles. The van der Waals surface area contributed by atoms with E-state index in [2.05, 4.69) is 20.6 Å². The van der Waals surface area contributed by atoms with Crippen molar-refractivity contribution >= 4 is 44.4 Å². The number of para-hydroxylation sites is 1. The van der Waals surface area contributed by atoms with Gasteiger partial charge in [0.15, 0.2) is 5.16 Å². The third-order valence-electron chi connectivity index (χ3n) is 5.42. The smallest absolute Gasteiger partial charge is 0.238 e. The van der Waals surface area contributed by atoms with Crippen molar-refractivity contribution in [2.75, 3.05) is 30.8 Å². The Morgan fingerprint density at radius 3 is 2.68 bits per heavy atom. The predicted octanol–water partition coefficient (Wildman–Crippen LogP) is 2.32. The minimum absolute atomic E-state index is 0.0664. The zero-order chi connectivity index (χ0) is 24.0. The molecule has 0 unspecified atom stereocenters. The van der Waals surface area contributed by atoms with Crippen molar-refractivity contribution in [1.29, 1.82) is 0 Å². The predicted molar refractivity (Wildman–Crippen MR) is 132 cm³/mol. The summed E-state index contributed by atoms with van der Waals surface area (Å²) >= 11 is 1.28. The Labute approximate surface area is 202 Å². The second-order valence-electron chi connectivity index (χ2n) is 7.97. The van der Waals surface area contributed by atoms with E-state index >= 15 is 0 Å². The average Bonchev–Trinajstić information content (AvgIpc) is 3.35. The van der Waals surface area contributed by atoms with Crippen LogP contribution >= 0.6 is 11.8 Å². The molecule has 3 aromatic rings. The molecule has 0 spiro atoms. The van der Waals surface area contributed by atoms with Gasteiger partial charge >= 0.3 is 0 Å². The Hall–Kier alpha value is -2.73. The highest BCUT2D eigenvalue weighted by molar-refractivity contribution is 7.99. The summed E-state index contributed by atoms with van der Waals surface area (Å²) in [6, 6.07) is 14.1. The maximum absolute atomic E-state index is 12.3. The van der Waals surface area contributed by atoms with E-state index in [9.17, 15) is 13.2 Å². The molecule has 180 valence electrons. The third-order valence-corrected chi connectivity index (χ3v) is 7.20. The standard InChI is InChI=1S/C23H27N5O4S2/c24-34(30,31)18-9-7-16(8-10-18)11-12-25-21(29)15-33-23-27-20-6-2-1-5-19(20)22(28-23)26-14-17-4-3-13-32-17/h1-2,5-10,17H,3-4,11-15H2,(H,25,29)(H2,24,30,31)(H,26,27,28)/t17-/m1/s1. The van der Waals surface area contributed by atoms with Crippen LogP contribution < -0.4 is 15.8 Å². The molecular weight excluding hydrogens is 474 g/mol. The monoisotopic (exact) mass is 501 g/mol. The molecule has 1 saturated heterocycles. The number of hydrogen-bond acceptors (Lipinski definition) is 8. The molecule has 0 radical (unpaired) electrons. The highest BCUT2D eigenvalue weighted by Crippen LogP contribution is 2.25. The molecule has 4 N–H and O–H groups in total. The molecule has 9 nitrogen and oxygen atoms in total. The van der Waals surface area contributed by atoms with Crippen LogP contribution in [-0.2, 0) is 26.0 Å². The molecule has 2 aromatic carbocycles. The van der Waals surface area contributed by atoms with Gasteiger partial charge in [-0.05, 0) is 49.1 Å². The highest BCUT2D eigenvalue weighted by atomic mass is 32.2. The van der Waals surface area contributed by atoms with E-state index in [0.717, 1.165) is 41.7 Å². The number of amides is 1. The van der Waals surface area contributed by atoms with Crippen molar-refractivity contribution in [3.8, 4) is 0 Å². The molecule has 4 rings (SSSR count). The summed E-state index contributed by atoms with van der Waals surface area (Å²) in [6.07, 6.45) is 2.87. The number of carbonyl (C=O) groups is 1. The number of primary sulfonamides is 1. The SMILES string of the molecule is NS(=O)(=O)c1ccc(CCNC(=O)CSc2nc(NC[C@H]3CCCO3)c3ccccc3n2)cc1. The lowest BCUT2D eigenvalue weighted by Gasteiger charge is -2.14. The van der Waals surface area contributed by atoms with Crippen molar-refractivity contribution < 1.29 is 17.9 Å². The zero-order valence-corrected chi connectivity index (χ0v) is 20.2. The van der Waals surface area contributed by atoms with Crippen LogP contribution in [0.5, 0.6) is 0 Å². The summed E-state index contributed by atoms with van der Waals surface area (Å²) in [4.78, 5) is 21.6. The van der Waals surface area contributed by atoms with Gasteiger partial charge in [-0.25, -0.2) is 23.5 Å². The first-order chi connectivity index (χ1) is 16.4. The number of rotatable bonds is 10. The van der Waals surface area contributed by atoms with Gasteiger partial charge in [0.1, 0.15) is 5.82 Å². The first-order valence-corrected chi connectivity index (χ1v) is 13.6. The molecule has 1 atom stereocenters. The molecule has 34 heavy (non-hydrogen) atoms. The van der Waals surface area contributed by atoms with Gasteiger partial charge in [-0.15, -0.1) is 0 Å². The van der Waals surface area contributed by atoms with E-state index in [4.69, 9.17) is 9.88 Å². The largest absolute Gasteiger partial charge is 0.376 e. The number of nitrogens with zero attached hydrogens (tertiary/aromatic N) is 2. The maximum Gasteiger partial charge on any atom is 0.238 e. The normalized spacial score (nSPS) is 16.0. The quantitative estimate of drug-likeness (QED) is 0.284. The Morgan fingerprint density at radius 1 is 1.15 bits per heavy atom. The number of ether oxygens (including phenoxy) is 1. The van der Waals surface area contributed by atoms with Gasteiger partial charge in [0.25, 0.3) is 0 Å². The molecule has 0 bridgehead atoms. The van der Waals surface area contributed by atoms with Gasteiger partial charge < -0.3 is 15.4 Å². The van der Waals surface area contributed by atoms with Crippen LogP contribution in [0.15, 0.2) is 58.6 Å². The topological polar surface area (TPSA) is 136 Å². The van der Waals surface area contributed by atoms with Gasteiger partial charge in [0.2, 0.25) is 15.9 Å². The number of aromatic nitrogens is 2. The van der Waals surface area contributed by atoms with Gasteiger partial charge in [0, 0.05) is 25.1 Å². The van der Waals surface area contributed by atoms with Gasteiger partial charge in [-0.3, -0.25) is 4.79 Å². The number of fused-ring (bicyclic) bond motifs is 1. The Morgan fingerprint density at radius 2 is 1.94 bits per heavy atom. The number of sulfonamides is 1. The lowest BCUT2D eigenvalue weighted by atomic mass is 10.1. The van der Waals surface area contributed by atoms with Crippen molar-refractivity contribution in [2.24, 2.45) is 5.14 Å². The highest BCUT2D eigenvalue weighted by Gasteiger charge is 2.17.